The van der Waals surface area contributed by atoms with Crippen molar-refractivity contribution in [3.05, 3.63) is 33.8 Å². The quantitative estimate of drug-likeness (QED) is 0.463. The molecular formula is C8H3BrF2. The summed E-state index contributed by atoms with van der Waals surface area (Å²) in [6.45, 7) is 0. The van der Waals surface area contributed by atoms with E-state index in [9.17, 15) is 8.78 Å². The average molecular weight is 217 g/mol. The molecule has 0 fully saturated rings. The molecule has 1 aromatic carbocycles. The maximum atomic E-state index is 12.7. The standard InChI is InChI=1S/C8H3BrF2/c1-2-5-3-8(11)6(9)4-7(5)10/h1,3-4H. The number of hydrogen-bond acceptors (Lipinski definition) is 0. The molecule has 0 aliphatic heterocycles. The summed E-state index contributed by atoms with van der Waals surface area (Å²) in [5.74, 6) is 0.875. The highest BCUT2D eigenvalue weighted by Crippen LogP contribution is 2.18. The fourth-order valence-corrected chi connectivity index (χ4v) is 0.949. The van der Waals surface area contributed by atoms with Crippen LogP contribution in [0.5, 0.6) is 0 Å². The largest absolute Gasteiger partial charge is 0.206 e. The molecule has 0 atom stereocenters. The normalized spacial score (nSPS) is 9.27. The highest BCUT2D eigenvalue weighted by molar-refractivity contribution is 9.10. The molecule has 0 bridgehead atoms. The lowest BCUT2D eigenvalue weighted by atomic mass is 10.2. The van der Waals surface area contributed by atoms with Gasteiger partial charge >= 0.3 is 0 Å². The third-order valence-corrected chi connectivity index (χ3v) is 1.77. The van der Waals surface area contributed by atoms with E-state index >= 15 is 0 Å². The van der Waals surface area contributed by atoms with Crippen molar-refractivity contribution in [2.24, 2.45) is 0 Å². The first kappa shape index (κ1) is 8.22. The Morgan fingerprint density at radius 3 is 2.45 bits per heavy atom. The Morgan fingerprint density at radius 2 is 1.91 bits per heavy atom. The van der Waals surface area contributed by atoms with Crippen LogP contribution in [0, 0.1) is 24.0 Å². The summed E-state index contributed by atoms with van der Waals surface area (Å²) in [6, 6.07) is 1.98. The van der Waals surface area contributed by atoms with E-state index in [2.05, 4.69) is 15.9 Å². The third-order valence-electron chi connectivity index (χ3n) is 1.17. The van der Waals surface area contributed by atoms with Gasteiger partial charge in [-0.3, -0.25) is 0 Å². The monoisotopic (exact) mass is 216 g/mol. The van der Waals surface area contributed by atoms with Crippen LogP contribution in [-0.4, -0.2) is 0 Å². The van der Waals surface area contributed by atoms with E-state index in [-0.39, 0.29) is 10.0 Å². The summed E-state index contributed by atoms with van der Waals surface area (Å²) in [4.78, 5) is 0. The smallest absolute Gasteiger partial charge is 0.140 e. The van der Waals surface area contributed by atoms with E-state index in [1.54, 1.807) is 0 Å². The lowest BCUT2D eigenvalue weighted by Crippen LogP contribution is -1.86. The highest BCUT2D eigenvalue weighted by Gasteiger charge is 2.04. The molecule has 0 saturated heterocycles. The van der Waals surface area contributed by atoms with E-state index in [0.717, 1.165) is 12.1 Å². The van der Waals surface area contributed by atoms with Gasteiger partial charge in [-0.2, -0.15) is 0 Å². The van der Waals surface area contributed by atoms with Crippen molar-refractivity contribution in [3.8, 4) is 12.3 Å². The third kappa shape index (κ3) is 1.58. The molecule has 0 N–H and O–H groups in total. The minimum Gasteiger partial charge on any atom is -0.206 e. The molecule has 3 heteroatoms. The minimum absolute atomic E-state index is 0.0642. The van der Waals surface area contributed by atoms with Gasteiger partial charge in [-0.15, -0.1) is 6.42 Å². The first-order chi connectivity index (χ1) is 5.15. The van der Waals surface area contributed by atoms with Crippen LogP contribution in [0.2, 0.25) is 0 Å². The van der Waals surface area contributed by atoms with Crippen molar-refractivity contribution in [1.82, 2.24) is 0 Å². The fraction of sp³-hybridized carbons (Fsp3) is 0. The summed E-state index contributed by atoms with van der Waals surface area (Å²) in [6.07, 6.45) is 4.90. The molecule has 0 spiro atoms. The van der Waals surface area contributed by atoms with Crippen molar-refractivity contribution in [2.75, 3.05) is 0 Å². The zero-order valence-corrected chi connectivity index (χ0v) is 6.95. The Morgan fingerprint density at radius 1 is 1.27 bits per heavy atom. The van der Waals surface area contributed by atoms with Gasteiger partial charge in [0.25, 0.3) is 0 Å². The molecule has 0 amide bonds. The molecule has 1 aromatic rings. The zero-order valence-electron chi connectivity index (χ0n) is 5.37. The Labute approximate surface area is 71.4 Å². The molecule has 1 rings (SSSR count). The maximum Gasteiger partial charge on any atom is 0.140 e. The second kappa shape index (κ2) is 3.02. The van der Waals surface area contributed by atoms with Crippen LogP contribution < -0.4 is 0 Å². The molecule has 0 nitrogen and oxygen atoms in total. The number of halogens is 3. The van der Waals surface area contributed by atoms with E-state index in [4.69, 9.17) is 6.42 Å². The van der Waals surface area contributed by atoms with Crippen LogP contribution in [0.3, 0.4) is 0 Å². The van der Waals surface area contributed by atoms with Crippen LogP contribution in [0.15, 0.2) is 16.6 Å². The number of benzene rings is 1. The van der Waals surface area contributed by atoms with Crippen molar-refractivity contribution in [2.45, 2.75) is 0 Å². The van der Waals surface area contributed by atoms with Gasteiger partial charge in [-0.05, 0) is 28.1 Å². The number of rotatable bonds is 0. The second-order valence-corrected chi connectivity index (χ2v) is 2.74. The Kier molecular flexibility index (Phi) is 2.25. The summed E-state index contributed by atoms with van der Waals surface area (Å²) in [5, 5.41) is 0. The first-order valence-corrected chi connectivity index (χ1v) is 3.55. The van der Waals surface area contributed by atoms with Gasteiger partial charge in [0.2, 0.25) is 0 Å². The van der Waals surface area contributed by atoms with Gasteiger partial charge in [0.1, 0.15) is 11.6 Å². The van der Waals surface area contributed by atoms with E-state index in [0.29, 0.717) is 0 Å². The molecule has 11 heavy (non-hydrogen) atoms. The topological polar surface area (TPSA) is 0 Å². The molecule has 0 radical (unpaired) electrons. The zero-order chi connectivity index (χ0) is 8.43. The van der Waals surface area contributed by atoms with Gasteiger partial charge in [0, 0.05) is 0 Å². The predicted molar refractivity (Wildman–Crippen MR) is 42.0 cm³/mol. The summed E-state index contributed by atoms with van der Waals surface area (Å²) in [5.41, 5.74) is -0.0642. The fourth-order valence-electron chi connectivity index (χ4n) is 0.633. The Bertz CT molecular complexity index is 326. The predicted octanol–water partition coefficient (Wildman–Crippen LogP) is 2.71. The molecule has 0 heterocycles. The van der Waals surface area contributed by atoms with Gasteiger partial charge in [0.05, 0.1) is 10.0 Å². The van der Waals surface area contributed by atoms with Crippen molar-refractivity contribution < 1.29 is 8.78 Å². The molecular weight excluding hydrogens is 214 g/mol. The molecule has 0 aliphatic rings. The van der Waals surface area contributed by atoms with Gasteiger partial charge < -0.3 is 0 Å². The Balaban J connectivity index is 3.35. The van der Waals surface area contributed by atoms with Gasteiger partial charge in [-0.1, -0.05) is 5.92 Å². The van der Waals surface area contributed by atoms with Crippen molar-refractivity contribution in [3.63, 3.8) is 0 Å². The van der Waals surface area contributed by atoms with Crippen LogP contribution >= 0.6 is 15.9 Å². The summed E-state index contributed by atoms with van der Waals surface area (Å²) >= 11 is 2.83. The molecule has 0 aliphatic carbocycles. The Hall–Kier alpha value is -0.880. The van der Waals surface area contributed by atoms with Gasteiger partial charge in [0.15, 0.2) is 0 Å². The minimum atomic E-state index is -0.597. The SMILES string of the molecule is C#Cc1cc(F)c(Br)cc1F. The summed E-state index contributed by atoms with van der Waals surface area (Å²) < 4.78 is 25.4. The van der Waals surface area contributed by atoms with Crippen LogP contribution in [0.25, 0.3) is 0 Å². The van der Waals surface area contributed by atoms with Crippen LogP contribution in [0.4, 0.5) is 8.78 Å². The van der Waals surface area contributed by atoms with Crippen molar-refractivity contribution in [1.29, 1.82) is 0 Å². The van der Waals surface area contributed by atoms with E-state index < -0.39 is 11.6 Å². The second-order valence-electron chi connectivity index (χ2n) is 1.89. The highest BCUT2D eigenvalue weighted by atomic mass is 79.9. The molecule has 0 aromatic heterocycles. The maximum absolute atomic E-state index is 12.7. The molecule has 0 unspecified atom stereocenters. The van der Waals surface area contributed by atoms with Crippen LogP contribution in [-0.2, 0) is 0 Å². The number of hydrogen-bond donors (Lipinski definition) is 0. The van der Waals surface area contributed by atoms with E-state index in [1.807, 2.05) is 5.92 Å². The lowest BCUT2D eigenvalue weighted by molar-refractivity contribution is 0.592. The molecule has 56 valence electrons. The first-order valence-electron chi connectivity index (χ1n) is 2.76. The van der Waals surface area contributed by atoms with Gasteiger partial charge in [-0.25, -0.2) is 8.78 Å². The average Bonchev–Trinajstić information content (AvgIpc) is 1.97. The number of terminal acetylenes is 1. The van der Waals surface area contributed by atoms with Crippen LogP contribution in [0.1, 0.15) is 5.56 Å². The van der Waals surface area contributed by atoms with E-state index in [1.165, 1.54) is 0 Å². The lowest BCUT2D eigenvalue weighted by Gasteiger charge is -1.96. The summed E-state index contributed by atoms with van der Waals surface area (Å²) in [7, 11) is 0. The molecule has 0 saturated carbocycles. The van der Waals surface area contributed by atoms with Crippen molar-refractivity contribution >= 4 is 15.9 Å².